The topological polar surface area (TPSA) is 91.3 Å². The minimum absolute atomic E-state index is 0.136. The number of nitrogens with one attached hydrogen (secondary N) is 2. The average molecular weight is 350 g/mol. The lowest BCUT2D eigenvalue weighted by atomic mass is 10.2. The van der Waals surface area contributed by atoms with Gasteiger partial charge < -0.3 is 15.7 Å². The van der Waals surface area contributed by atoms with Crippen molar-refractivity contribution in [1.29, 1.82) is 0 Å². The highest BCUT2D eigenvalue weighted by Gasteiger charge is 2.13. The largest absolute Gasteiger partial charge is 0.476 e. The molecular weight excluding hydrogens is 338 g/mol. The fourth-order valence-corrected chi connectivity index (χ4v) is 2.20. The van der Waals surface area contributed by atoms with Gasteiger partial charge in [0, 0.05) is 16.4 Å². The number of anilines is 2. The van der Waals surface area contributed by atoms with Crippen LogP contribution in [0, 0.1) is 6.92 Å². The van der Waals surface area contributed by atoms with E-state index in [1.54, 1.807) is 18.2 Å². The number of carboxylic acids is 1. The smallest absolute Gasteiger partial charge is 0.356 e. The molecule has 0 saturated heterocycles. The number of hydrogen-bond acceptors (Lipinski definition) is 3. The van der Waals surface area contributed by atoms with Gasteiger partial charge in [-0.3, -0.25) is 0 Å². The minimum Gasteiger partial charge on any atom is -0.476 e. The van der Waals surface area contributed by atoms with Gasteiger partial charge in [-0.15, -0.1) is 0 Å². The van der Waals surface area contributed by atoms with Crippen molar-refractivity contribution in [3.8, 4) is 0 Å². The lowest BCUT2D eigenvalue weighted by molar-refractivity contribution is 0.0692. The summed E-state index contributed by atoms with van der Waals surface area (Å²) in [6.45, 7) is 1.85. The third kappa shape index (κ3) is 3.79. The fraction of sp³-hybridized carbons (Fsp3) is 0.0714. The number of aromatic carboxylic acids is 1. The van der Waals surface area contributed by atoms with Crippen LogP contribution in [0.4, 0.5) is 16.2 Å². The summed E-state index contributed by atoms with van der Waals surface area (Å²) in [6, 6.07) is 7.91. The van der Waals surface area contributed by atoms with E-state index in [0.29, 0.717) is 5.69 Å². The van der Waals surface area contributed by atoms with Gasteiger partial charge in [0.2, 0.25) is 0 Å². The molecule has 0 fully saturated rings. The third-order valence-electron chi connectivity index (χ3n) is 2.70. The zero-order valence-electron chi connectivity index (χ0n) is 11.1. The fourth-order valence-electron chi connectivity index (χ4n) is 1.72. The number of carbonyl (C=O) groups excluding carboxylic acids is 1. The summed E-state index contributed by atoms with van der Waals surface area (Å²) >= 11 is 3.34. The first-order chi connectivity index (χ1) is 9.97. The summed E-state index contributed by atoms with van der Waals surface area (Å²) in [4.78, 5) is 26.7. The number of nitrogens with zero attached hydrogens (tertiary/aromatic N) is 1. The molecule has 6 nitrogen and oxygen atoms in total. The molecule has 0 aliphatic rings. The molecular formula is C14H12BrN3O3. The molecule has 7 heteroatoms. The quantitative estimate of drug-likeness (QED) is 0.790. The lowest BCUT2D eigenvalue weighted by Crippen LogP contribution is -2.21. The van der Waals surface area contributed by atoms with Crippen molar-refractivity contribution in [3.05, 3.63) is 52.3 Å². The number of amides is 2. The Balaban J connectivity index is 2.14. The first-order valence-electron chi connectivity index (χ1n) is 6.00. The Labute approximate surface area is 129 Å². The second kappa shape index (κ2) is 6.36. The number of pyridine rings is 1. The second-order valence-electron chi connectivity index (χ2n) is 4.24. The molecule has 0 aliphatic carbocycles. The van der Waals surface area contributed by atoms with E-state index in [4.69, 9.17) is 5.11 Å². The Hall–Kier alpha value is -2.41. The Morgan fingerprint density at radius 2 is 1.90 bits per heavy atom. The van der Waals surface area contributed by atoms with Gasteiger partial charge in [0.25, 0.3) is 0 Å². The predicted molar refractivity (Wildman–Crippen MR) is 82.7 cm³/mol. The molecule has 2 rings (SSSR count). The summed E-state index contributed by atoms with van der Waals surface area (Å²) in [5.41, 5.74) is 1.44. The predicted octanol–water partition coefficient (Wildman–Crippen LogP) is 3.49. The molecule has 21 heavy (non-hydrogen) atoms. The maximum absolute atomic E-state index is 11.9. The van der Waals surface area contributed by atoms with Gasteiger partial charge in [0.15, 0.2) is 5.69 Å². The molecule has 2 amide bonds. The third-order valence-corrected chi connectivity index (χ3v) is 3.19. The molecule has 1 heterocycles. The molecule has 108 valence electrons. The summed E-state index contributed by atoms with van der Waals surface area (Å²) < 4.78 is 0.909. The van der Waals surface area contributed by atoms with Crippen molar-refractivity contribution >= 4 is 39.3 Å². The summed E-state index contributed by atoms with van der Waals surface area (Å²) in [6.07, 6.45) is 1.35. The zero-order valence-corrected chi connectivity index (χ0v) is 12.6. The molecule has 0 unspecified atom stereocenters. The number of hydrogen-bond donors (Lipinski definition) is 3. The van der Waals surface area contributed by atoms with E-state index in [2.05, 4.69) is 31.5 Å². The minimum atomic E-state index is -1.20. The first kappa shape index (κ1) is 15.0. The van der Waals surface area contributed by atoms with E-state index >= 15 is 0 Å². The number of carbonyl (C=O) groups is 2. The van der Waals surface area contributed by atoms with Crippen LogP contribution in [0.25, 0.3) is 0 Å². The van der Waals surface area contributed by atoms with Gasteiger partial charge in [-0.2, -0.15) is 0 Å². The van der Waals surface area contributed by atoms with E-state index in [0.717, 1.165) is 10.0 Å². The number of halogens is 1. The number of urea groups is 1. The van der Waals surface area contributed by atoms with Gasteiger partial charge in [0.05, 0.1) is 5.69 Å². The van der Waals surface area contributed by atoms with Crippen molar-refractivity contribution < 1.29 is 14.7 Å². The molecule has 1 aromatic carbocycles. The number of aromatic nitrogens is 1. The van der Waals surface area contributed by atoms with Crippen LogP contribution < -0.4 is 10.6 Å². The number of benzene rings is 1. The van der Waals surface area contributed by atoms with E-state index in [1.807, 2.05) is 13.0 Å². The summed E-state index contributed by atoms with van der Waals surface area (Å²) in [5.74, 6) is -1.20. The monoisotopic (exact) mass is 349 g/mol. The van der Waals surface area contributed by atoms with Crippen LogP contribution in [0.5, 0.6) is 0 Å². The van der Waals surface area contributed by atoms with Crippen molar-refractivity contribution in [2.45, 2.75) is 6.92 Å². The van der Waals surface area contributed by atoms with E-state index < -0.39 is 12.0 Å². The molecule has 0 aliphatic heterocycles. The van der Waals surface area contributed by atoms with Gasteiger partial charge >= 0.3 is 12.0 Å². The van der Waals surface area contributed by atoms with Gasteiger partial charge in [-0.25, -0.2) is 14.6 Å². The number of rotatable bonds is 3. The van der Waals surface area contributed by atoms with Crippen LogP contribution in [-0.2, 0) is 0 Å². The highest BCUT2D eigenvalue weighted by molar-refractivity contribution is 9.10. The highest BCUT2D eigenvalue weighted by Crippen LogP contribution is 2.20. The Kier molecular flexibility index (Phi) is 4.54. The van der Waals surface area contributed by atoms with Crippen molar-refractivity contribution in [3.63, 3.8) is 0 Å². The Morgan fingerprint density at radius 3 is 2.57 bits per heavy atom. The number of carboxylic acid groups (broad SMARTS) is 1. The van der Waals surface area contributed by atoms with Crippen LogP contribution in [-0.4, -0.2) is 22.1 Å². The van der Waals surface area contributed by atoms with Crippen LogP contribution in [0.2, 0.25) is 0 Å². The van der Waals surface area contributed by atoms with Crippen LogP contribution in [0.3, 0.4) is 0 Å². The van der Waals surface area contributed by atoms with E-state index in [1.165, 1.54) is 12.3 Å². The van der Waals surface area contributed by atoms with E-state index in [9.17, 15) is 9.59 Å². The zero-order chi connectivity index (χ0) is 15.4. The average Bonchev–Trinajstić information content (AvgIpc) is 2.42. The Morgan fingerprint density at radius 1 is 1.19 bits per heavy atom. The standard InChI is InChI=1S/C14H12BrN3O3/c1-8-7-9(15)4-5-10(8)17-14(21)18-11-3-2-6-16-12(11)13(19)20/h2-7H,1H3,(H,19,20)(H2,17,18,21). The first-order valence-corrected chi connectivity index (χ1v) is 6.79. The van der Waals surface area contributed by atoms with Crippen LogP contribution >= 0.6 is 15.9 Å². The number of aryl methyl sites for hydroxylation is 1. The van der Waals surface area contributed by atoms with Crippen molar-refractivity contribution in [2.75, 3.05) is 10.6 Å². The van der Waals surface area contributed by atoms with Crippen LogP contribution in [0.1, 0.15) is 16.1 Å². The highest BCUT2D eigenvalue weighted by atomic mass is 79.9. The molecule has 3 N–H and O–H groups in total. The van der Waals surface area contributed by atoms with Gasteiger partial charge in [-0.1, -0.05) is 15.9 Å². The molecule has 0 radical (unpaired) electrons. The summed E-state index contributed by atoms with van der Waals surface area (Å²) in [5, 5.41) is 14.1. The van der Waals surface area contributed by atoms with Crippen molar-refractivity contribution in [1.82, 2.24) is 4.98 Å². The molecule has 0 saturated carbocycles. The van der Waals surface area contributed by atoms with Gasteiger partial charge in [0.1, 0.15) is 0 Å². The van der Waals surface area contributed by atoms with E-state index in [-0.39, 0.29) is 11.4 Å². The Bertz CT molecular complexity index is 704. The normalized spacial score (nSPS) is 10.0. The molecule has 2 aromatic rings. The molecule has 0 atom stereocenters. The molecule has 0 bridgehead atoms. The molecule has 0 spiro atoms. The van der Waals surface area contributed by atoms with Crippen molar-refractivity contribution in [2.24, 2.45) is 0 Å². The maximum atomic E-state index is 11.9. The maximum Gasteiger partial charge on any atom is 0.356 e. The van der Waals surface area contributed by atoms with Crippen LogP contribution in [0.15, 0.2) is 41.0 Å². The molecule has 1 aromatic heterocycles. The summed E-state index contributed by atoms with van der Waals surface area (Å²) in [7, 11) is 0. The second-order valence-corrected chi connectivity index (χ2v) is 5.16. The lowest BCUT2D eigenvalue weighted by Gasteiger charge is -2.11. The SMILES string of the molecule is Cc1cc(Br)ccc1NC(=O)Nc1cccnc1C(=O)O. The van der Waals surface area contributed by atoms with Gasteiger partial charge in [-0.05, 0) is 42.8 Å².